The molecule has 0 heteroatoms. The van der Waals surface area contributed by atoms with Crippen molar-refractivity contribution in [3.8, 4) is 0 Å². The molecule has 92 valence electrons. The molecule has 0 radical (unpaired) electrons. The second-order valence-electron chi connectivity index (χ2n) is 4.32. The fraction of sp³-hybridized carbons (Fsp3) is 0.625. The van der Waals surface area contributed by atoms with Gasteiger partial charge in [-0.2, -0.15) is 0 Å². The van der Waals surface area contributed by atoms with E-state index in [9.17, 15) is 0 Å². The molecular formula is C16H28. The Bertz CT molecular complexity index is 158. The van der Waals surface area contributed by atoms with E-state index in [1.807, 2.05) is 12.2 Å². The Morgan fingerprint density at radius 2 is 1.25 bits per heavy atom. The van der Waals surface area contributed by atoms with Crippen LogP contribution in [0.5, 0.6) is 0 Å². The molecule has 0 saturated carbocycles. The Labute approximate surface area is 102 Å². The summed E-state index contributed by atoms with van der Waals surface area (Å²) >= 11 is 0. The molecule has 0 saturated heterocycles. The van der Waals surface area contributed by atoms with E-state index >= 15 is 0 Å². The maximum Gasteiger partial charge on any atom is -0.0351 e. The largest absolute Gasteiger partial charge is 0.103 e. The highest BCUT2D eigenvalue weighted by atomic mass is 13.9. The Kier molecular flexibility index (Phi) is 13.5. The molecule has 0 heterocycles. The number of allylic oxidation sites excluding steroid dienone is 4. The van der Waals surface area contributed by atoms with Gasteiger partial charge in [-0.15, -0.1) is 13.2 Å². The van der Waals surface area contributed by atoms with Crippen molar-refractivity contribution in [2.75, 3.05) is 0 Å². The van der Waals surface area contributed by atoms with Crippen LogP contribution in [0.2, 0.25) is 0 Å². The summed E-state index contributed by atoms with van der Waals surface area (Å²) in [6, 6.07) is 0. The van der Waals surface area contributed by atoms with Gasteiger partial charge < -0.3 is 0 Å². The third kappa shape index (κ3) is 13.2. The van der Waals surface area contributed by atoms with E-state index in [0.717, 1.165) is 12.8 Å². The van der Waals surface area contributed by atoms with E-state index in [0.29, 0.717) is 0 Å². The lowest BCUT2D eigenvalue weighted by atomic mass is 10.1. The van der Waals surface area contributed by atoms with Crippen molar-refractivity contribution >= 4 is 0 Å². The first-order chi connectivity index (χ1) is 7.91. The molecule has 0 bridgehead atoms. The molecule has 0 atom stereocenters. The molecule has 0 aromatic heterocycles. The van der Waals surface area contributed by atoms with Crippen molar-refractivity contribution in [2.24, 2.45) is 0 Å². The van der Waals surface area contributed by atoms with Crippen molar-refractivity contribution in [3.63, 3.8) is 0 Å². The highest BCUT2D eigenvalue weighted by Gasteiger charge is 1.88. The van der Waals surface area contributed by atoms with E-state index in [1.165, 1.54) is 51.4 Å². The zero-order valence-corrected chi connectivity index (χ0v) is 10.8. The quantitative estimate of drug-likeness (QED) is 0.391. The standard InChI is InChI=1S/C9H16.C7H12/c1-3-5-7-9-8-6-4-2;1-2-4-6-7-5-3-1/h3-4H,1-2,5-9H2;1-2H,3-7H2. The molecule has 0 fully saturated rings. The van der Waals surface area contributed by atoms with Crippen LogP contribution < -0.4 is 0 Å². The molecule has 1 aliphatic carbocycles. The van der Waals surface area contributed by atoms with Crippen LogP contribution in [0, 0.1) is 0 Å². The molecule has 0 amide bonds. The Hall–Kier alpha value is -0.780. The third-order valence-electron chi connectivity index (χ3n) is 2.72. The summed E-state index contributed by atoms with van der Waals surface area (Å²) in [7, 11) is 0. The van der Waals surface area contributed by atoms with Gasteiger partial charge in [-0.1, -0.05) is 37.1 Å². The number of hydrogen-bond donors (Lipinski definition) is 0. The molecule has 16 heavy (non-hydrogen) atoms. The second-order valence-corrected chi connectivity index (χ2v) is 4.32. The first kappa shape index (κ1) is 15.2. The van der Waals surface area contributed by atoms with Crippen molar-refractivity contribution in [2.45, 2.75) is 64.2 Å². The Morgan fingerprint density at radius 1 is 0.750 bits per heavy atom. The van der Waals surface area contributed by atoms with Crippen LogP contribution in [-0.2, 0) is 0 Å². The van der Waals surface area contributed by atoms with Crippen LogP contribution in [0.4, 0.5) is 0 Å². The summed E-state index contributed by atoms with van der Waals surface area (Å²) in [5, 5.41) is 0. The topological polar surface area (TPSA) is 0 Å². The summed E-state index contributed by atoms with van der Waals surface area (Å²) in [6.07, 6.45) is 21.7. The average Bonchev–Trinajstić information content (AvgIpc) is 2.62. The molecular weight excluding hydrogens is 192 g/mol. The molecule has 1 rings (SSSR count). The summed E-state index contributed by atoms with van der Waals surface area (Å²) in [4.78, 5) is 0. The number of hydrogen-bond acceptors (Lipinski definition) is 0. The molecule has 0 nitrogen and oxygen atoms in total. The molecule has 0 aliphatic heterocycles. The van der Waals surface area contributed by atoms with Gasteiger partial charge in [0.1, 0.15) is 0 Å². The lowest BCUT2D eigenvalue weighted by molar-refractivity contribution is 0.697. The van der Waals surface area contributed by atoms with Crippen molar-refractivity contribution in [1.82, 2.24) is 0 Å². The second kappa shape index (κ2) is 14.2. The summed E-state index contributed by atoms with van der Waals surface area (Å²) < 4.78 is 0. The van der Waals surface area contributed by atoms with Gasteiger partial charge in [0.15, 0.2) is 0 Å². The summed E-state index contributed by atoms with van der Waals surface area (Å²) in [5.41, 5.74) is 0. The van der Waals surface area contributed by atoms with Crippen LogP contribution in [0.3, 0.4) is 0 Å². The first-order valence-electron chi connectivity index (χ1n) is 6.78. The smallest absolute Gasteiger partial charge is 0.0351 e. The zero-order valence-electron chi connectivity index (χ0n) is 10.8. The lowest BCUT2D eigenvalue weighted by Gasteiger charge is -1.92. The van der Waals surface area contributed by atoms with Crippen molar-refractivity contribution < 1.29 is 0 Å². The Balaban J connectivity index is 0.000000288. The van der Waals surface area contributed by atoms with Crippen LogP contribution >= 0.6 is 0 Å². The lowest BCUT2D eigenvalue weighted by Crippen LogP contribution is -1.72. The van der Waals surface area contributed by atoms with E-state index in [4.69, 9.17) is 0 Å². The fourth-order valence-electron chi connectivity index (χ4n) is 1.69. The molecule has 0 aromatic rings. The number of unbranched alkanes of at least 4 members (excludes halogenated alkanes) is 4. The monoisotopic (exact) mass is 220 g/mol. The SMILES string of the molecule is C1=CCCCCC1.C=CCCCCCC=C. The highest BCUT2D eigenvalue weighted by molar-refractivity contribution is 4.83. The van der Waals surface area contributed by atoms with E-state index < -0.39 is 0 Å². The van der Waals surface area contributed by atoms with Gasteiger partial charge >= 0.3 is 0 Å². The predicted octanol–water partition coefficient (Wildman–Crippen LogP) is 5.82. The van der Waals surface area contributed by atoms with Crippen LogP contribution in [0.1, 0.15) is 64.2 Å². The van der Waals surface area contributed by atoms with Crippen LogP contribution in [0.25, 0.3) is 0 Å². The van der Waals surface area contributed by atoms with E-state index in [-0.39, 0.29) is 0 Å². The first-order valence-corrected chi connectivity index (χ1v) is 6.78. The maximum absolute atomic E-state index is 3.66. The average molecular weight is 220 g/mol. The molecule has 0 aromatic carbocycles. The molecule has 1 aliphatic rings. The highest BCUT2D eigenvalue weighted by Crippen LogP contribution is 2.08. The minimum Gasteiger partial charge on any atom is -0.103 e. The molecule has 0 N–H and O–H groups in total. The van der Waals surface area contributed by atoms with Gasteiger partial charge in [0.25, 0.3) is 0 Å². The van der Waals surface area contributed by atoms with E-state index in [1.54, 1.807) is 0 Å². The maximum atomic E-state index is 3.66. The fourth-order valence-corrected chi connectivity index (χ4v) is 1.69. The zero-order chi connectivity index (χ0) is 11.9. The van der Waals surface area contributed by atoms with Gasteiger partial charge in [-0.05, 0) is 51.4 Å². The van der Waals surface area contributed by atoms with Gasteiger partial charge in [-0.25, -0.2) is 0 Å². The third-order valence-corrected chi connectivity index (χ3v) is 2.72. The van der Waals surface area contributed by atoms with Crippen molar-refractivity contribution in [1.29, 1.82) is 0 Å². The van der Waals surface area contributed by atoms with Gasteiger partial charge in [0.2, 0.25) is 0 Å². The normalized spacial score (nSPS) is 14.5. The van der Waals surface area contributed by atoms with Crippen LogP contribution in [0.15, 0.2) is 37.5 Å². The Morgan fingerprint density at radius 3 is 1.69 bits per heavy atom. The van der Waals surface area contributed by atoms with Crippen molar-refractivity contribution in [3.05, 3.63) is 37.5 Å². The van der Waals surface area contributed by atoms with E-state index in [2.05, 4.69) is 25.3 Å². The molecule has 0 spiro atoms. The van der Waals surface area contributed by atoms with Gasteiger partial charge in [-0.3, -0.25) is 0 Å². The summed E-state index contributed by atoms with van der Waals surface area (Å²) in [6.45, 7) is 7.32. The molecule has 0 unspecified atom stereocenters. The van der Waals surface area contributed by atoms with Gasteiger partial charge in [0.05, 0.1) is 0 Å². The van der Waals surface area contributed by atoms with Gasteiger partial charge in [0, 0.05) is 0 Å². The minimum atomic E-state index is 1.16. The predicted molar refractivity (Wildman–Crippen MR) is 75.7 cm³/mol. The van der Waals surface area contributed by atoms with Crippen LogP contribution in [-0.4, -0.2) is 0 Å². The summed E-state index contributed by atoms with van der Waals surface area (Å²) in [5.74, 6) is 0. The number of rotatable bonds is 6. The minimum absolute atomic E-state index is 1.16.